The van der Waals surface area contributed by atoms with E-state index in [0.29, 0.717) is 5.92 Å². The first-order chi connectivity index (χ1) is 9.06. The fraction of sp³-hybridized carbons (Fsp3) is 0.750. The van der Waals surface area contributed by atoms with Crippen molar-refractivity contribution >= 4 is 5.82 Å². The Morgan fingerprint density at radius 1 is 1.11 bits per heavy atom. The predicted molar refractivity (Wildman–Crippen MR) is 80.5 cm³/mol. The fourth-order valence-corrected chi connectivity index (χ4v) is 2.88. The van der Waals surface area contributed by atoms with Crippen LogP contribution in [-0.2, 0) is 0 Å². The summed E-state index contributed by atoms with van der Waals surface area (Å²) in [5.41, 5.74) is 1.08. The third-order valence-corrected chi connectivity index (χ3v) is 4.01. The van der Waals surface area contributed by atoms with E-state index in [0.717, 1.165) is 36.4 Å². The third kappa shape index (κ3) is 3.92. The Bertz CT molecular complexity index is 375. The summed E-state index contributed by atoms with van der Waals surface area (Å²) in [7, 11) is 0. The highest BCUT2D eigenvalue weighted by Crippen LogP contribution is 2.26. The van der Waals surface area contributed by atoms with Gasteiger partial charge in [-0.05, 0) is 49.1 Å². The van der Waals surface area contributed by atoms with Crippen molar-refractivity contribution in [3.63, 3.8) is 0 Å². The number of nitrogens with zero attached hydrogens (tertiary/aromatic N) is 3. The van der Waals surface area contributed by atoms with Gasteiger partial charge in [0, 0.05) is 13.1 Å². The molecule has 0 atom stereocenters. The second-order valence-electron chi connectivity index (χ2n) is 6.53. The van der Waals surface area contributed by atoms with Crippen LogP contribution < -0.4 is 4.90 Å². The van der Waals surface area contributed by atoms with Gasteiger partial charge in [-0.3, -0.25) is 0 Å². The lowest BCUT2D eigenvalue weighted by Gasteiger charge is -2.33. The molecule has 3 nitrogen and oxygen atoms in total. The minimum atomic E-state index is 0.457. The van der Waals surface area contributed by atoms with Gasteiger partial charge in [-0.15, -0.1) is 5.10 Å². The molecule has 0 bridgehead atoms. The van der Waals surface area contributed by atoms with Crippen LogP contribution in [0.3, 0.4) is 0 Å². The molecular formula is C16H27N3. The Kier molecular flexibility index (Phi) is 4.78. The highest BCUT2D eigenvalue weighted by Gasteiger charge is 2.21. The van der Waals surface area contributed by atoms with Crippen molar-refractivity contribution in [2.75, 3.05) is 18.0 Å². The Morgan fingerprint density at radius 2 is 1.79 bits per heavy atom. The lowest BCUT2D eigenvalue weighted by molar-refractivity contribution is 0.337. The van der Waals surface area contributed by atoms with Crippen LogP contribution in [0.5, 0.6) is 0 Å². The van der Waals surface area contributed by atoms with E-state index in [1.54, 1.807) is 0 Å². The molecule has 0 aliphatic carbocycles. The summed E-state index contributed by atoms with van der Waals surface area (Å²) in [6, 6.07) is 4.25. The number of piperidine rings is 1. The quantitative estimate of drug-likeness (QED) is 0.824. The molecule has 3 heteroatoms. The average Bonchev–Trinajstić information content (AvgIpc) is 2.39. The Hall–Kier alpha value is -1.12. The molecule has 1 aromatic heterocycles. The van der Waals surface area contributed by atoms with Gasteiger partial charge >= 0.3 is 0 Å². The summed E-state index contributed by atoms with van der Waals surface area (Å²) in [6.45, 7) is 11.2. The van der Waals surface area contributed by atoms with Crippen LogP contribution in [0.4, 0.5) is 5.82 Å². The predicted octanol–water partition coefficient (Wildman–Crippen LogP) is 3.86. The van der Waals surface area contributed by atoms with Gasteiger partial charge in [0.2, 0.25) is 0 Å². The molecule has 106 valence electrons. The summed E-state index contributed by atoms with van der Waals surface area (Å²) in [4.78, 5) is 2.38. The topological polar surface area (TPSA) is 29.0 Å². The van der Waals surface area contributed by atoms with Gasteiger partial charge in [-0.1, -0.05) is 27.7 Å². The molecule has 0 spiro atoms. The van der Waals surface area contributed by atoms with Crippen LogP contribution in [0.25, 0.3) is 0 Å². The molecule has 2 heterocycles. The normalized spacial score (nSPS) is 17.5. The van der Waals surface area contributed by atoms with Gasteiger partial charge in [0.25, 0.3) is 0 Å². The molecule has 0 saturated carbocycles. The van der Waals surface area contributed by atoms with E-state index in [9.17, 15) is 0 Å². The molecule has 0 amide bonds. The van der Waals surface area contributed by atoms with Gasteiger partial charge < -0.3 is 4.90 Å². The summed E-state index contributed by atoms with van der Waals surface area (Å²) < 4.78 is 0. The minimum absolute atomic E-state index is 0.457. The molecule has 1 saturated heterocycles. The Morgan fingerprint density at radius 3 is 2.26 bits per heavy atom. The van der Waals surface area contributed by atoms with Gasteiger partial charge in [0.15, 0.2) is 5.82 Å². The maximum absolute atomic E-state index is 4.39. The zero-order chi connectivity index (χ0) is 13.8. The molecule has 0 unspecified atom stereocenters. The molecular weight excluding hydrogens is 234 g/mol. The smallest absolute Gasteiger partial charge is 0.151 e. The first-order valence-corrected chi connectivity index (χ1v) is 7.65. The molecule has 1 aliphatic heterocycles. The number of anilines is 1. The van der Waals surface area contributed by atoms with Crippen LogP contribution >= 0.6 is 0 Å². The van der Waals surface area contributed by atoms with E-state index in [4.69, 9.17) is 0 Å². The lowest BCUT2D eigenvalue weighted by Crippen LogP contribution is -2.34. The average molecular weight is 261 g/mol. The molecule has 0 radical (unpaired) electrons. The number of rotatable bonds is 4. The van der Waals surface area contributed by atoms with Crippen LogP contribution in [0.15, 0.2) is 12.1 Å². The summed E-state index contributed by atoms with van der Waals surface area (Å²) in [5.74, 6) is 3.23. The monoisotopic (exact) mass is 261 g/mol. The summed E-state index contributed by atoms with van der Waals surface area (Å²) in [5, 5.41) is 8.71. The van der Waals surface area contributed by atoms with Crippen molar-refractivity contribution in [2.24, 2.45) is 11.8 Å². The van der Waals surface area contributed by atoms with Crippen LogP contribution in [0.1, 0.15) is 58.6 Å². The second kappa shape index (κ2) is 6.36. The molecule has 0 N–H and O–H groups in total. The largest absolute Gasteiger partial charge is 0.355 e. The van der Waals surface area contributed by atoms with Crippen LogP contribution in [-0.4, -0.2) is 23.3 Å². The maximum Gasteiger partial charge on any atom is 0.151 e. The zero-order valence-corrected chi connectivity index (χ0v) is 12.8. The SMILES string of the molecule is CC(C)CC1CCN(c2ccc(C(C)C)nn2)CC1. The van der Waals surface area contributed by atoms with E-state index in [1.807, 2.05) is 0 Å². The van der Waals surface area contributed by atoms with Gasteiger partial charge in [-0.2, -0.15) is 5.10 Å². The maximum atomic E-state index is 4.39. The number of hydrogen-bond acceptors (Lipinski definition) is 3. The molecule has 1 aliphatic rings. The van der Waals surface area contributed by atoms with Crippen LogP contribution in [0.2, 0.25) is 0 Å². The highest BCUT2D eigenvalue weighted by atomic mass is 15.3. The van der Waals surface area contributed by atoms with Gasteiger partial charge in [-0.25, -0.2) is 0 Å². The molecule has 19 heavy (non-hydrogen) atoms. The van der Waals surface area contributed by atoms with Crippen molar-refractivity contribution in [3.8, 4) is 0 Å². The molecule has 1 aromatic rings. The van der Waals surface area contributed by atoms with Crippen molar-refractivity contribution in [1.29, 1.82) is 0 Å². The second-order valence-corrected chi connectivity index (χ2v) is 6.53. The number of aromatic nitrogens is 2. The van der Waals surface area contributed by atoms with E-state index in [-0.39, 0.29) is 0 Å². The van der Waals surface area contributed by atoms with E-state index in [1.165, 1.54) is 19.3 Å². The van der Waals surface area contributed by atoms with E-state index < -0.39 is 0 Å². The fourth-order valence-electron chi connectivity index (χ4n) is 2.88. The lowest BCUT2D eigenvalue weighted by atomic mass is 9.89. The zero-order valence-electron chi connectivity index (χ0n) is 12.8. The molecule has 0 aromatic carbocycles. The van der Waals surface area contributed by atoms with Crippen molar-refractivity contribution < 1.29 is 0 Å². The Labute approximate surface area is 117 Å². The van der Waals surface area contributed by atoms with Crippen molar-refractivity contribution in [3.05, 3.63) is 17.8 Å². The summed E-state index contributed by atoms with van der Waals surface area (Å²) >= 11 is 0. The van der Waals surface area contributed by atoms with Gasteiger partial charge in [0.05, 0.1) is 5.69 Å². The highest BCUT2D eigenvalue weighted by molar-refractivity contribution is 5.38. The third-order valence-electron chi connectivity index (χ3n) is 4.01. The first kappa shape index (κ1) is 14.3. The van der Waals surface area contributed by atoms with Crippen molar-refractivity contribution in [1.82, 2.24) is 10.2 Å². The summed E-state index contributed by atoms with van der Waals surface area (Å²) in [6.07, 6.45) is 3.96. The standard InChI is InChI=1S/C16H27N3/c1-12(2)11-14-7-9-19(10-8-14)16-6-5-15(13(3)4)17-18-16/h5-6,12-14H,7-11H2,1-4H3. The van der Waals surface area contributed by atoms with Crippen molar-refractivity contribution in [2.45, 2.75) is 52.9 Å². The van der Waals surface area contributed by atoms with E-state index in [2.05, 4.69) is 54.9 Å². The molecule has 1 fully saturated rings. The molecule has 2 rings (SSSR count). The first-order valence-electron chi connectivity index (χ1n) is 7.65. The van der Waals surface area contributed by atoms with Crippen LogP contribution in [0, 0.1) is 11.8 Å². The minimum Gasteiger partial charge on any atom is -0.355 e. The number of hydrogen-bond donors (Lipinski definition) is 0. The van der Waals surface area contributed by atoms with Gasteiger partial charge in [0.1, 0.15) is 0 Å². The van der Waals surface area contributed by atoms with E-state index >= 15 is 0 Å². The Balaban J connectivity index is 1.90.